The molecule has 0 amide bonds. The van der Waals surface area contributed by atoms with Crippen LogP contribution in [-0.4, -0.2) is 18.3 Å². The summed E-state index contributed by atoms with van der Waals surface area (Å²) in [6.45, 7) is 6.88. The summed E-state index contributed by atoms with van der Waals surface area (Å²) in [5.74, 6) is 0. The van der Waals surface area contributed by atoms with E-state index in [9.17, 15) is 0 Å². The minimum absolute atomic E-state index is 0.0972. The topological polar surface area (TPSA) is 29.4 Å². The summed E-state index contributed by atoms with van der Waals surface area (Å²) in [6, 6.07) is 195. The summed E-state index contributed by atoms with van der Waals surface area (Å²) in [7, 11) is 0. The number of nitrogens with zero attached hydrogens (tertiary/aromatic N) is 7. The molecule has 0 N–H and O–H groups in total. The van der Waals surface area contributed by atoms with E-state index in [1.54, 1.807) is 0 Å². The molecule has 0 saturated carbocycles. The number of benzene rings is 25. The summed E-state index contributed by atoms with van der Waals surface area (Å²) in [5.41, 5.74) is 31.1. The van der Waals surface area contributed by atoms with Crippen LogP contribution >= 0.6 is 11.3 Å². The smallest absolute Gasteiger partial charge is 0.0562 e. The summed E-state index contributed by atoms with van der Waals surface area (Å²) in [5, 5.41) is 27.6. The van der Waals surface area contributed by atoms with Crippen LogP contribution in [0.4, 0.5) is 51.2 Å². The summed E-state index contributed by atoms with van der Waals surface area (Å²) < 4.78 is 12.4. The first-order valence-electron chi connectivity index (χ1n) is 51.8. The Bertz CT molecular complexity index is 10600. The van der Waals surface area contributed by atoms with E-state index in [-0.39, 0.29) is 5.41 Å². The highest BCUT2D eigenvalue weighted by molar-refractivity contribution is 7.25. The number of para-hydroxylation sites is 7. The minimum Gasteiger partial charge on any atom is -0.310 e. The van der Waals surface area contributed by atoms with Crippen LogP contribution < -0.4 is 14.7 Å². The third-order valence-electron chi connectivity index (χ3n) is 31.4. The number of aryl methyl sites for hydroxylation is 1. The number of aromatic nitrogens is 4. The minimum atomic E-state index is -0.0972. The number of fused-ring (bicyclic) bond motifs is 27. The second kappa shape index (κ2) is 35.4. The first-order valence-corrected chi connectivity index (χ1v) is 52.6. The van der Waals surface area contributed by atoms with E-state index >= 15 is 0 Å². The maximum Gasteiger partial charge on any atom is 0.0562 e. The van der Waals surface area contributed by atoms with Gasteiger partial charge >= 0.3 is 0 Å². The zero-order valence-corrected chi connectivity index (χ0v) is 83.7. The second-order valence-electron chi connectivity index (χ2n) is 40.1. The standard InChI is InChI=1S/C50H33N3.C48H36N2.C44H28N2S/c1-2-16-35(17-3-1)51(36-29-31-37(32-30-36)52-44-24-11-8-21-41(44)42-22-9-12-25-45(42)52)47-27-14-28-48-50(47)43-23-10-13-26-46(43)53(48)49-33-34-15-4-5-18-38(34)39-19-6-7-20-40(39)49;1-31-23-25-33(26-24-31)49(34-27-28-38-37-16-8-10-19-41(37)48(2,3)42(38)30-34)44-21-12-22-45-47(44)40-18-9-11-20-43(40)50(45)46-29-32-13-4-5-14-35(32)36-15-6-7-17-39(36)46;1-2-14-30(15-3-1)45(31-25-26-43-37(28-31)35-19-9-11-24-42(35)47-43)39-22-12-23-40-44(39)36-20-8-10-21-38(36)46(40)41-27-29-13-4-5-16-32(29)33-17-6-7-18-34(33)41/h1-33H;4-30H,1-3H3;1-28H. The molecule has 30 aromatic rings. The van der Waals surface area contributed by atoms with Crippen molar-refractivity contribution in [2.45, 2.75) is 26.2 Å². The van der Waals surface area contributed by atoms with E-state index in [0.717, 1.165) is 51.2 Å². The molecule has 150 heavy (non-hydrogen) atoms. The molecule has 31 rings (SSSR count). The average molecular weight is 1930 g/mol. The molecule has 1 aliphatic rings. The molecule has 0 spiro atoms. The van der Waals surface area contributed by atoms with E-state index in [1.807, 2.05) is 11.3 Å². The lowest BCUT2D eigenvalue weighted by molar-refractivity contribution is 0.660. The third-order valence-corrected chi connectivity index (χ3v) is 32.6. The van der Waals surface area contributed by atoms with Crippen LogP contribution in [0.1, 0.15) is 30.5 Å². The van der Waals surface area contributed by atoms with Gasteiger partial charge in [-0.15, -0.1) is 11.3 Å². The van der Waals surface area contributed by atoms with Crippen LogP contribution in [0.25, 0.3) is 206 Å². The van der Waals surface area contributed by atoms with Crippen LogP contribution in [-0.2, 0) is 5.41 Å². The molecular formula is C142H97N7S. The van der Waals surface area contributed by atoms with Crippen LogP contribution in [0, 0.1) is 6.92 Å². The molecule has 0 aliphatic heterocycles. The molecule has 5 aromatic heterocycles. The van der Waals surface area contributed by atoms with Crippen molar-refractivity contribution in [1.29, 1.82) is 0 Å². The van der Waals surface area contributed by atoms with Crippen molar-refractivity contribution in [1.82, 2.24) is 18.3 Å². The summed E-state index contributed by atoms with van der Waals surface area (Å²) >= 11 is 1.86. The fraction of sp³-hybridized carbons (Fsp3) is 0.0282. The molecule has 1 aliphatic carbocycles. The largest absolute Gasteiger partial charge is 0.310 e. The summed E-state index contributed by atoms with van der Waals surface area (Å²) in [6.07, 6.45) is 0. The highest BCUT2D eigenvalue weighted by Crippen LogP contribution is 2.55. The first kappa shape index (κ1) is 87.5. The van der Waals surface area contributed by atoms with Gasteiger partial charge < -0.3 is 33.0 Å². The number of hydrogen-bond donors (Lipinski definition) is 0. The molecule has 0 unspecified atom stereocenters. The van der Waals surface area contributed by atoms with Gasteiger partial charge in [-0.3, -0.25) is 0 Å². The Balaban J connectivity index is 0.000000106. The number of anilines is 9. The maximum atomic E-state index is 2.48. The Morgan fingerprint density at radius 2 is 0.487 bits per heavy atom. The van der Waals surface area contributed by atoms with Crippen molar-refractivity contribution in [2.24, 2.45) is 0 Å². The van der Waals surface area contributed by atoms with Crippen LogP contribution in [0.15, 0.2) is 534 Å². The molecule has 0 saturated heterocycles. The maximum absolute atomic E-state index is 2.48. The summed E-state index contributed by atoms with van der Waals surface area (Å²) in [4.78, 5) is 7.31. The van der Waals surface area contributed by atoms with E-state index in [4.69, 9.17) is 0 Å². The van der Waals surface area contributed by atoms with Gasteiger partial charge in [0.05, 0.1) is 78.3 Å². The Labute approximate surface area is 871 Å². The third kappa shape index (κ3) is 14.0. The van der Waals surface area contributed by atoms with Gasteiger partial charge in [0.15, 0.2) is 0 Å². The van der Waals surface area contributed by atoms with E-state index < -0.39 is 0 Å². The molecular weight excluding hydrogens is 1840 g/mol. The van der Waals surface area contributed by atoms with E-state index in [1.165, 1.54) is 223 Å². The predicted octanol–water partition coefficient (Wildman–Crippen LogP) is 39.8. The van der Waals surface area contributed by atoms with Gasteiger partial charge in [0.2, 0.25) is 0 Å². The fourth-order valence-corrected chi connectivity index (χ4v) is 25.8. The first-order chi connectivity index (χ1) is 74.1. The Morgan fingerprint density at radius 3 is 0.927 bits per heavy atom. The van der Waals surface area contributed by atoms with Crippen molar-refractivity contribution < 1.29 is 0 Å². The average Bonchev–Trinajstić information content (AvgIpc) is 1.56. The van der Waals surface area contributed by atoms with Crippen molar-refractivity contribution in [3.05, 3.63) is 551 Å². The fourth-order valence-electron chi connectivity index (χ4n) is 24.8. The van der Waals surface area contributed by atoms with Crippen molar-refractivity contribution in [3.63, 3.8) is 0 Å². The zero-order valence-electron chi connectivity index (χ0n) is 82.8. The monoisotopic (exact) mass is 1930 g/mol. The zero-order chi connectivity index (χ0) is 99.3. The van der Waals surface area contributed by atoms with Crippen LogP contribution in [0.5, 0.6) is 0 Å². The SMILES string of the molecule is Cc1ccc(N(c2ccc3c(c2)C(C)(C)c2ccccc2-3)c2cccc3c2c2ccccc2n3-c2cc3ccccc3c3ccccc23)cc1.c1ccc(N(c2ccc(-n3c4ccccc4c4ccccc43)cc2)c2cccc3c2c2ccccc2n3-c2cc3ccccc3c3ccccc23)cc1.c1ccc(N(c2ccc3sc4ccccc4c3c2)c2cccc3c2c2ccccc2n3-c2cc3ccccc3c3ccccc23)cc1. The van der Waals surface area contributed by atoms with Gasteiger partial charge in [0, 0.05) is 125 Å². The normalized spacial score (nSPS) is 12.3. The highest BCUT2D eigenvalue weighted by atomic mass is 32.1. The molecule has 706 valence electrons. The predicted molar refractivity (Wildman–Crippen MR) is 641 cm³/mol. The van der Waals surface area contributed by atoms with E-state index in [0.29, 0.717) is 0 Å². The number of thiophene rings is 1. The Hall–Kier alpha value is -19.1. The molecule has 7 nitrogen and oxygen atoms in total. The molecule has 0 atom stereocenters. The molecule has 8 heteroatoms. The molecule has 5 heterocycles. The van der Waals surface area contributed by atoms with Crippen LogP contribution in [0.3, 0.4) is 0 Å². The van der Waals surface area contributed by atoms with Gasteiger partial charge in [0.1, 0.15) is 0 Å². The molecule has 0 fully saturated rings. The van der Waals surface area contributed by atoms with Crippen molar-refractivity contribution >= 4 is 235 Å². The van der Waals surface area contributed by atoms with Crippen LogP contribution in [0.2, 0.25) is 0 Å². The van der Waals surface area contributed by atoms with E-state index in [2.05, 4.69) is 588 Å². The molecule has 0 radical (unpaired) electrons. The number of rotatable bonds is 13. The Morgan fingerprint density at radius 1 is 0.187 bits per heavy atom. The van der Waals surface area contributed by atoms with Gasteiger partial charge in [0.25, 0.3) is 0 Å². The Kier molecular flexibility index (Phi) is 20.6. The van der Waals surface area contributed by atoms with Crippen molar-refractivity contribution in [2.75, 3.05) is 14.7 Å². The van der Waals surface area contributed by atoms with Crippen molar-refractivity contribution in [3.8, 4) is 33.9 Å². The lowest BCUT2D eigenvalue weighted by Gasteiger charge is -2.29. The lowest BCUT2D eigenvalue weighted by atomic mass is 9.82. The highest BCUT2D eigenvalue weighted by Gasteiger charge is 2.37. The van der Waals surface area contributed by atoms with Gasteiger partial charge in [-0.05, 0) is 260 Å². The second-order valence-corrected chi connectivity index (χ2v) is 41.2. The molecule has 25 aromatic carbocycles. The molecule has 0 bridgehead atoms. The van der Waals surface area contributed by atoms with Gasteiger partial charge in [-0.2, -0.15) is 0 Å². The number of hydrogen-bond acceptors (Lipinski definition) is 4. The van der Waals surface area contributed by atoms with Gasteiger partial charge in [-0.1, -0.05) is 371 Å². The lowest BCUT2D eigenvalue weighted by Crippen LogP contribution is -2.16. The van der Waals surface area contributed by atoms with Gasteiger partial charge in [-0.25, -0.2) is 0 Å². The quantitative estimate of drug-likeness (QED) is 0.108.